The zero-order valence-corrected chi connectivity index (χ0v) is 18.8. The fraction of sp³-hybridized carbons (Fsp3) is 0.333. The first-order valence-electron chi connectivity index (χ1n) is 10.7. The van der Waals surface area contributed by atoms with Gasteiger partial charge in [-0.2, -0.15) is 0 Å². The maximum atomic E-state index is 13.0. The monoisotopic (exact) mass is 433 g/mol. The van der Waals surface area contributed by atoms with Gasteiger partial charge in [-0.1, -0.05) is 38.1 Å². The van der Waals surface area contributed by atoms with Gasteiger partial charge in [0.2, 0.25) is 0 Å². The topological polar surface area (TPSA) is 89.3 Å². The van der Waals surface area contributed by atoms with Crippen molar-refractivity contribution in [3.8, 4) is 0 Å². The molecule has 0 aliphatic carbocycles. The van der Waals surface area contributed by atoms with Crippen LogP contribution < -0.4 is 5.32 Å². The van der Waals surface area contributed by atoms with Crippen molar-refractivity contribution in [2.75, 3.05) is 33.8 Å². The molecule has 0 saturated heterocycles. The predicted octanol–water partition coefficient (Wildman–Crippen LogP) is 3.67. The van der Waals surface area contributed by atoms with Crippen LogP contribution in [0.1, 0.15) is 24.2 Å². The molecule has 0 bridgehead atoms. The van der Waals surface area contributed by atoms with Crippen LogP contribution in [0.3, 0.4) is 0 Å². The number of aromatic nitrogens is 3. The number of benzene rings is 2. The first-order chi connectivity index (χ1) is 15.4. The highest BCUT2D eigenvalue weighted by Gasteiger charge is 2.22. The lowest BCUT2D eigenvalue weighted by Gasteiger charge is -2.11. The Labute approximate surface area is 186 Å². The second-order valence-electron chi connectivity index (χ2n) is 8.45. The van der Waals surface area contributed by atoms with Gasteiger partial charge in [0.25, 0.3) is 5.91 Å². The van der Waals surface area contributed by atoms with Gasteiger partial charge in [0.05, 0.1) is 23.2 Å². The number of ether oxygens (including phenoxy) is 1. The SMILES string of the molecule is CC(C)COC(=O)n1c2ccccc2c2nc3cccc(C(=O)NCCN(C)C)c3nc21. The van der Waals surface area contributed by atoms with Crippen molar-refractivity contribution in [3.63, 3.8) is 0 Å². The van der Waals surface area contributed by atoms with Crippen LogP contribution in [0.15, 0.2) is 42.5 Å². The van der Waals surface area contributed by atoms with E-state index in [0.717, 1.165) is 11.9 Å². The summed E-state index contributed by atoms with van der Waals surface area (Å²) in [5.41, 5.74) is 3.10. The molecule has 2 aromatic carbocycles. The number of hydrogen-bond acceptors (Lipinski definition) is 6. The van der Waals surface area contributed by atoms with Crippen LogP contribution in [0.25, 0.3) is 33.1 Å². The number of hydrogen-bond donors (Lipinski definition) is 1. The number of carbonyl (C=O) groups is 2. The normalized spacial score (nSPS) is 11.7. The van der Waals surface area contributed by atoms with Gasteiger partial charge in [-0.15, -0.1) is 0 Å². The number of rotatable bonds is 6. The van der Waals surface area contributed by atoms with Gasteiger partial charge < -0.3 is 15.0 Å². The predicted molar refractivity (Wildman–Crippen MR) is 125 cm³/mol. The summed E-state index contributed by atoms with van der Waals surface area (Å²) >= 11 is 0. The molecule has 0 unspecified atom stereocenters. The molecule has 166 valence electrons. The van der Waals surface area contributed by atoms with E-state index in [9.17, 15) is 9.59 Å². The molecule has 0 spiro atoms. The van der Waals surface area contributed by atoms with Crippen LogP contribution in [0.5, 0.6) is 0 Å². The van der Waals surface area contributed by atoms with Crippen molar-refractivity contribution in [2.24, 2.45) is 5.92 Å². The van der Waals surface area contributed by atoms with Crippen LogP contribution in [0.2, 0.25) is 0 Å². The maximum Gasteiger partial charge on any atom is 0.420 e. The van der Waals surface area contributed by atoms with Crippen LogP contribution in [-0.2, 0) is 4.74 Å². The average molecular weight is 434 g/mol. The molecule has 32 heavy (non-hydrogen) atoms. The highest BCUT2D eigenvalue weighted by molar-refractivity contribution is 6.12. The molecule has 2 aromatic heterocycles. The summed E-state index contributed by atoms with van der Waals surface area (Å²) in [6.07, 6.45) is -0.508. The fourth-order valence-electron chi connectivity index (χ4n) is 3.55. The first kappa shape index (κ1) is 21.7. The lowest BCUT2D eigenvalue weighted by Crippen LogP contribution is -2.31. The van der Waals surface area contributed by atoms with Crippen molar-refractivity contribution in [1.82, 2.24) is 24.8 Å². The largest absolute Gasteiger partial charge is 0.449 e. The Morgan fingerprint density at radius 2 is 1.84 bits per heavy atom. The van der Waals surface area contributed by atoms with Crippen molar-refractivity contribution in [1.29, 1.82) is 0 Å². The summed E-state index contributed by atoms with van der Waals surface area (Å²) in [5.74, 6) is -0.0208. The molecule has 0 radical (unpaired) electrons. The van der Waals surface area contributed by atoms with Crippen molar-refractivity contribution >= 4 is 45.1 Å². The number of likely N-dealkylation sites (N-methyl/N-ethyl adjacent to an activating group) is 1. The summed E-state index contributed by atoms with van der Waals surface area (Å²) in [6.45, 7) is 5.50. The van der Waals surface area contributed by atoms with Gasteiger partial charge in [-0.25, -0.2) is 19.3 Å². The van der Waals surface area contributed by atoms with E-state index >= 15 is 0 Å². The fourth-order valence-corrected chi connectivity index (χ4v) is 3.55. The van der Waals surface area contributed by atoms with E-state index in [-0.39, 0.29) is 11.8 Å². The Balaban J connectivity index is 1.86. The van der Waals surface area contributed by atoms with Crippen molar-refractivity contribution in [2.45, 2.75) is 13.8 Å². The van der Waals surface area contributed by atoms with E-state index in [1.54, 1.807) is 12.1 Å². The molecule has 4 aromatic rings. The lowest BCUT2D eigenvalue weighted by atomic mass is 10.1. The zero-order chi connectivity index (χ0) is 22.8. The third-order valence-corrected chi connectivity index (χ3v) is 5.10. The second-order valence-corrected chi connectivity index (χ2v) is 8.45. The molecule has 4 rings (SSSR count). The highest BCUT2D eigenvalue weighted by Crippen LogP contribution is 2.29. The number of carbonyl (C=O) groups excluding carboxylic acids is 2. The van der Waals surface area contributed by atoms with E-state index in [1.165, 1.54) is 4.57 Å². The molecule has 8 nitrogen and oxygen atoms in total. The van der Waals surface area contributed by atoms with E-state index in [1.807, 2.05) is 63.2 Å². The van der Waals surface area contributed by atoms with Gasteiger partial charge in [0.1, 0.15) is 11.0 Å². The highest BCUT2D eigenvalue weighted by atomic mass is 16.5. The summed E-state index contributed by atoms with van der Waals surface area (Å²) in [7, 11) is 3.90. The first-order valence-corrected chi connectivity index (χ1v) is 10.7. The molecule has 1 amide bonds. The maximum absolute atomic E-state index is 13.0. The van der Waals surface area contributed by atoms with Gasteiger partial charge in [0, 0.05) is 18.5 Å². The molecule has 1 N–H and O–H groups in total. The quantitative estimate of drug-likeness (QED) is 0.499. The van der Waals surface area contributed by atoms with Crippen LogP contribution in [0, 0.1) is 5.92 Å². The average Bonchev–Trinajstić information content (AvgIpc) is 3.08. The third-order valence-electron chi connectivity index (χ3n) is 5.10. The van der Waals surface area contributed by atoms with Crippen molar-refractivity contribution in [3.05, 3.63) is 48.0 Å². The molecular weight excluding hydrogens is 406 g/mol. The van der Waals surface area contributed by atoms with Crippen LogP contribution in [0.4, 0.5) is 4.79 Å². The molecular formula is C24H27N5O3. The van der Waals surface area contributed by atoms with Gasteiger partial charge in [-0.3, -0.25) is 4.79 Å². The summed E-state index contributed by atoms with van der Waals surface area (Å²) in [6, 6.07) is 12.8. The molecule has 2 heterocycles. The Kier molecular flexibility index (Phi) is 6.05. The van der Waals surface area contributed by atoms with E-state index in [4.69, 9.17) is 14.7 Å². The molecule has 0 atom stereocenters. The molecule has 0 aliphatic heterocycles. The van der Waals surface area contributed by atoms with E-state index < -0.39 is 6.09 Å². The number of nitrogens with one attached hydrogen (secondary N) is 1. The molecule has 0 aliphatic rings. The zero-order valence-electron chi connectivity index (χ0n) is 18.8. The van der Waals surface area contributed by atoms with Gasteiger partial charge >= 0.3 is 6.09 Å². The van der Waals surface area contributed by atoms with Gasteiger partial charge in [0.15, 0.2) is 5.65 Å². The Morgan fingerprint density at radius 1 is 1.06 bits per heavy atom. The summed E-state index contributed by atoms with van der Waals surface area (Å²) in [5, 5.41) is 3.73. The van der Waals surface area contributed by atoms with E-state index in [0.29, 0.717) is 46.4 Å². The standard InChI is InChI=1S/C24H27N5O3/c1-15(2)14-32-24(31)29-19-11-6-5-8-16(19)21-22(29)27-20-17(9-7-10-18(20)26-21)23(30)25-12-13-28(3)4/h5-11,15H,12-14H2,1-4H3,(H,25,30). The van der Waals surface area contributed by atoms with Crippen LogP contribution in [-0.4, -0.2) is 65.2 Å². The minimum atomic E-state index is -0.508. The second kappa shape index (κ2) is 8.92. The molecule has 8 heteroatoms. The Bertz CT molecular complexity index is 1310. The number of amides is 1. The minimum absolute atomic E-state index is 0.205. The number of para-hydroxylation sites is 2. The Morgan fingerprint density at radius 3 is 2.59 bits per heavy atom. The van der Waals surface area contributed by atoms with Gasteiger partial charge in [-0.05, 0) is 38.2 Å². The van der Waals surface area contributed by atoms with E-state index in [2.05, 4.69) is 5.32 Å². The minimum Gasteiger partial charge on any atom is -0.449 e. The Hall–Kier alpha value is -3.52. The number of nitrogens with zero attached hydrogens (tertiary/aromatic N) is 4. The molecule has 0 fully saturated rings. The smallest absolute Gasteiger partial charge is 0.420 e. The third kappa shape index (κ3) is 4.13. The summed E-state index contributed by atoms with van der Waals surface area (Å²) < 4.78 is 6.95. The number of fused-ring (bicyclic) bond motifs is 4. The lowest BCUT2D eigenvalue weighted by molar-refractivity contribution is 0.0952. The molecule has 0 saturated carbocycles. The summed E-state index contributed by atoms with van der Waals surface area (Å²) in [4.78, 5) is 37.4. The van der Waals surface area contributed by atoms with Crippen molar-refractivity contribution < 1.29 is 14.3 Å². The van der Waals surface area contributed by atoms with Crippen LogP contribution >= 0.6 is 0 Å².